The zero-order chi connectivity index (χ0) is 14.5. The van der Waals surface area contributed by atoms with Gasteiger partial charge in [-0.05, 0) is 52.9 Å². The highest BCUT2D eigenvalue weighted by Crippen LogP contribution is 2.21. The van der Waals surface area contributed by atoms with E-state index in [9.17, 15) is 5.11 Å². The summed E-state index contributed by atoms with van der Waals surface area (Å²) in [6, 6.07) is 0.693. The molecule has 1 rings (SSSR count). The Morgan fingerprint density at radius 1 is 1.37 bits per heavy atom. The SMILES string of the molecule is CCNC(C)(CO)CCCN1CC(C)C(N(C)C)C1. The summed E-state index contributed by atoms with van der Waals surface area (Å²) in [4.78, 5) is 4.92. The number of nitrogens with zero attached hydrogens (tertiary/aromatic N) is 2. The van der Waals surface area contributed by atoms with Crippen molar-refractivity contribution in [3.05, 3.63) is 0 Å². The minimum Gasteiger partial charge on any atom is -0.394 e. The Morgan fingerprint density at radius 3 is 2.53 bits per heavy atom. The van der Waals surface area contributed by atoms with Gasteiger partial charge in [0.05, 0.1) is 6.61 Å². The number of aliphatic hydroxyl groups is 1. The summed E-state index contributed by atoms with van der Waals surface area (Å²) in [6.45, 7) is 11.2. The van der Waals surface area contributed by atoms with E-state index in [-0.39, 0.29) is 12.1 Å². The molecule has 1 aliphatic heterocycles. The van der Waals surface area contributed by atoms with Gasteiger partial charge in [-0.25, -0.2) is 0 Å². The molecular weight excluding hydrogens is 238 g/mol. The molecular formula is C15H33N3O. The fourth-order valence-corrected chi connectivity index (χ4v) is 3.25. The zero-order valence-electron chi connectivity index (χ0n) is 13.4. The van der Waals surface area contributed by atoms with Crippen LogP contribution in [0.5, 0.6) is 0 Å². The maximum absolute atomic E-state index is 9.48. The zero-order valence-corrected chi connectivity index (χ0v) is 13.4. The van der Waals surface area contributed by atoms with Crippen LogP contribution in [0.4, 0.5) is 0 Å². The van der Waals surface area contributed by atoms with Gasteiger partial charge < -0.3 is 20.2 Å². The van der Waals surface area contributed by atoms with Gasteiger partial charge >= 0.3 is 0 Å². The molecule has 0 aromatic heterocycles. The lowest BCUT2D eigenvalue weighted by Crippen LogP contribution is -2.46. The Balaban J connectivity index is 2.30. The van der Waals surface area contributed by atoms with Crippen molar-refractivity contribution in [3.63, 3.8) is 0 Å². The van der Waals surface area contributed by atoms with Gasteiger partial charge in [0, 0.05) is 24.7 Å². The minimum absolute atomic E-state index is 0.110. The molecule has 3 atom stereocenters. The summed E-state index contributed by atoms with van der Waals surface area (Å²) in [7, 11) is 4.36. The fourth-order valence-electron chi connectivity index (χ4n) is 3.25. The third-order valence-corrected chi connectivity index (χ3v) is 4.47. The summed E-state index contributed by atoms with van der Waals surface area (Å²) in [5.74, 6) is 0.757. The van der Waals surface area contributed by atoms with Crippen LogP contribution in [0.2, 0.25) is 0 Å². The van der Waals surface area contributed by atoms with Crippen LogP contribution in [0.15, 0.2) is 0 Å². The molecule has 0 spiro atoms. The van der Waals surface area contributed by atoms with Gasteiger partial charge in [0.25, 0.3) is 0 Å². The maximum atomic E-state index is 9.48. The van der Waals surface area contributed by atoms with Gasteiger partial charge in [-0.2, -0.15) is 0 Å². The van der Waals surface area contributed by atoms with Crippen LogP contribution in [0.3, 0.4) is 0 Å². The van der Waals surface area contributed by atoms with Crippen LogP contribution in [-0.2, 0) is 0 Å². The Labute approximate surface area is 119 Å². The molecule has 0 aromatic rings. The first kappa shape index (κ1) is 16.9. The molecule has 2 N–H and O–H groups in total. The lowest BCUT2D eigenvalue weighted by molar-refractivity contribution is 0.159. The van der Waals surface area contributed by atoms with Crippen molar-refractivity contribution in [3.8, 4) is 0 Å². The molecule has 4 heteroatoms. The highest BCUT2D eigenvalue weighted by molar-refractivity contribution is 4.87. The second-order valence-corrected chi connectivity index (χ2v) is 6.62. The molecule has 1 heterocycles. The molecule has 0 bridgehead atoms. The first-order valence-electron chi connectivity index (χ1n) is 7.66. The fraction of sp³-hybridized carbons (Fsp3) is 1.00. The van der Waals surface area contributed by atoms with Crippen LogP contribution >= 0.6 is 0 Å². The molecule has 1 fully saturated rings. The summed E-state index contributed by atoms with van der Waals surface area (Å²) in [5, 5.41) is 12.9. The van der Waals surface area contributed by atoms with E-state index in [1.807, 2.05) is 0 Å². The van der Waals surface area contributed by atoms with Crippen molar-refractivity contribution in [2.75, 3.05) is 46.9 Å². The number of likely N-dealkylation sites (tertiary alicyclic amines) is 1. The monoisotopic (exact) mass is 271 g/mol. The molecule has 4 nitrogen and oxygen atoms in total. The average molecular weight is 271 g/mol. The predicted molar refractivity (Wildman–Crippen MR) is 81.5 cm³/mol. The molecule has 0 radical (unpaired) electrons. The lowest BCUT2D eigenvalue weighted by Gasteiger charge is -2.29. The normalized spacial score (nSPS) is 27.9. The maximum Gasteiger partial charge on any atom is 0.0610 e. The third-order valence-electron chi connectivity index (χ3n) is 4.47. The van der Waals surface area contributed by atoms with E-state index in [1.54, 1.807) is 0 Å². The van der Waals surface area contributed by atoms with E-state index in [4.69, 9.17) is 0 Å². The number of rotatable bonds is 8. The highest BCUT2D eigenvalue weighted by atomic mass is 16.3. The number of aliphatic hydroxyl groups excluding tert-OH is 1. The predicted octanol–water partition coefficient (Wildman–Crippen LogP) is 1.01. The highest BCUT2D eigenvalue weighted by Gasteiger charge is 2.31. The molecule has 0 aromatic carbocycles. The van der Waals surface area contributed by atoms with Crippen molar-refractivity contribution in [2.24, 2.45) is 5.92 Å². The summed E-state index contributed by atoms with van der Waals surface area (Å²) >= 11 is 0. The molecule has 1 saturated heterocycles. The second-order valence-electron chi connectivity index (χ2n) is 6.62. The van der Waals surface area contributed by atoms with E-state index in [0.717, 1.165) is 31.8 Å². The van der Waals surface area contributed by atoms with Crippen LogP contribution in [0, 0.1) is 5.92 Å². The topological polar surface area (TPSA) is 38.7 Å². The number of hydrogen-bond donors (Lipinski definition) is 2. The Bertz CT molecular complexity index is 260. The van der Waals surface area contributed by atoms with E-state index in [0.29, 0.717) is 6.04 Å². The molecule has 1 aliphatic rings. The van der Waals surface area contributed by atoms with Gasteiger partial charge in [0.15, 0.2) is 0 Å². The van der Waals surface area contributed by atoms with Crippen LogP contribution in [0.1, 0.15) is 33.6 Å². The van der Waals surface area contributed by atoms with E-state index < -0.39 is 0 Å². The third kappa shape index (κ3) is 5.03. The van der Waals surface area contributed by atoms with E-state index in [2.05, 4.69) is 50.0 Å². The Morgan fingerprint density at radius 2 is 2.05 bits per heavy atom. The van der Waals surface area contributed by atoms with Gasteiger partial charge in [-0.1, -0.05) is 13.8 Å². The minimum atomic E-state index is -0.110. The van der Waals surface area contributed by atoms with E-state index in [1.165, 1.54) is 13.1 Å². The number of likely N-dealkylation sites (N-methyl/N-ethyl adjacent to an activating group) is 2. The average Bonchev–Trinajstić information content (AvgIpc) is 2.71. The molecule has 0 amide bonds. The summed E-state index contributed by atoms with van der Waals surface area (Å²) < 4.78 is 0. The van der Waals surface area contributed by atoms with Gasteiger partial charge in [0.2, 0.25) is 0 Å². The van der Waals surface area contributed by atoms with Crippen LogP contribution in [-0.4, -0.2) is 73.4 Å². The number of hydrogen-bond acceptors (Lipinski definition) is 4. The van der Waals surface area contributed by atoms with E-state index >= 15 is 0 Å². The first-order chi connectivity index (χ1) is 8.91. The van der Waals surface area contributed by atoms with Gasteiger partial charge in [-0.15, -0.1) is 0 Å². The first-order valence-corrected chi connectivity index (χ1v) is 7.66. The lowest BCUT2D eigenvalue weighted by atomic mass is 9.96. The Kier molecular flexibility index (Phi) is 6.74. The number of nitrogens with one attached hydrogen (secondary N) is 1. The summed E-state index contributed by atoms with van der Waals surface area (Å²) in [5.41, 5.74) is -0.110. The van der Waals surface area contributed by atoms with Crippen molar-refractivity contribution in [1.82, 2.24) is 15.1 Å². The van der Waals surface area contributed by atoms with Crippen molar-refractivity contribution < 1.29 is 5.11 Å². The molecule has 19 heavy (non-hydrogen) atoms. The molecule has 114 valence electrons. The van der Waals surface area contributed by atoms with Crippen molar-refractivity contribution >= 4 is 0 Å². The largest absolute Gasteiger partial charge is 0.394 e. The van der Waals surface area contributed by atoms with Gasteiger partial charge in [0.1, 0.15) is 0 Å². The standard InChI is InChI=1S/C15H33N3O/c1-6-16-15(3,12-19)8-7-9-18-10-13(2)14(11-18)17(4)5/h13-14,16,19H,6-12H2,1-5H3. The quantitative estimate of drug-likeness (QED) is 0.691. The molecule has 0 saturated carbocycles. The van der Waals surface area contributed by atoms with Crippen LogP contribution in [0.25, 0.3) is 0 Å². The molecule has 0 aliphatic carbocycles. The van der Waals surface area contributed by atoms with Crippen molar-refractivity contribution in [1.29, 1.82) is 0 Å². The van der Waals surface area contributed by atoms with Gasteiger partial charge in [-0.3, -0.25) is 0 Å². The summed E-state index contributed by atoms with van der Waals surface area (Å²) in [6.07, 6.45) is 2.19. The smallest absolute Gasteiger partial charge is 0.0610 e. The van der Waals surface area contributed by atoms with Crippen LogP contribution < -0.4 is 5.32 Å². The second kappa shape index (κ2) is 7.58. The molecule has 3 unspecified atom stereocenters. The van der Waals surface area contributed by atoms with Crippen molar-refractivity contribution in [2.45, 2.75) is 45.2 Å². The Hall–Kier alpha value is -0.160.